The summed E-state index contributed by atoms with van der Waals surface area (Å²) in [5, 5.41) is 4.68. The minimum Gasteiger partial charge on any atom is -0.318 e. The van der Waals surface area contributed by atoms with E-state index in [-0.39, 0.29) is 5.91 Å². The van der Waals surface area contributed by atoms with E-state index in [4.69, 9.17) is 11.6 Å². The van der Waals surface area contributed by atoms with Crippen LogP contribution in [0.15, 0.2) is 59.7 Å². The summed E-state index contributed by atoms with van der Waals surface area (Å²) < 4.78 is 3.36. The molecule has 1 amide bonds. The molecule has 0 saturated heterocycles. The summed E-state index contributed by atoms with van der Waals surface area (Å²) in [6.45, 7) is 4.09. The van der Waals surface area contributed by atoms with Gasteiger partial charge in [-0.05, 0) is 91.0 Å². The lowest BCUT2D eigenvalue weighted by molar-refractivity contribution is 0.0955. The molecule has 0 fully saturated rings. The molecule has 0 saturated carbocycles. The highest BCUT2D eigenvalue weighted by molar-refractivity contribution is 14.1. The van der Waals surface area contributed by atoms with Crippen molar-refractivity contribution < 1.29 is 4.79 Å². The summed E-state index contributed by atoms with van der Waals surface area (Å²) in [6, 6.07) is 17.1. The number of aromatic nitrogens is 1. The lowest BCUT2D eigenvalue weighted by Gasteiger charge is -2.09. The molecule has 0 atom stereocenters. The number of hydrogen-bond acceptors (Lipinski definition) is 2. The third-order valence-corrected chi connectivity index (χ3v) is 5.00. The maximum Gasteiger partial charge on any atom is 0.271 e. The van der Waals surface area contributed by atoms with Gasteiger partial charge in [-0.1, -0.05) is 11.6 Å². The Morgan fingerprint density at radius 2 is 1.77 bits per heavy atom. The second-order valence-corrected chi connectivity index (χ2v) is 7.53. The van der Waals surface area contributed by atoms with Crippen LogP contribution in [-0.4, -0.2) is 16.7 Å². The molecule has 132 valence electrons. The third-order valence-electron chi connectivity index (χ3n) is 4.03. The number of benzene rings is 2. The largest absolute Gasteiger partial charge is 0.318 e. The van der Waals surface area contributed by atoms with Crippen LogP contribution in [0.5, 0.6) is 0 Å². The highest BCUT2D eigenvalue weighted by atomic mass is 127. The minimum atomic E-state index is -0.274. The molecule has 2 aromatic carbocycles. The van der Waals surface area contributed by atoms with Crippen LogP contribution in [0.2, 0.25) is 5.02 Å². The van der Waals surface area contributed by atoms with E-state index in [9.17, 15) is 4.79 Å². The quantitative estimate of drug-likeness (QED) is 0.317. The highest BCUT2D eigenvalue weighted by Crippen LogP contribution is 2.20. The Bertz CT molecular complexity index is 960. The number of carbonyl (C=O) groups is 1. The van der Waals surface area contributed by atoms with E-state index < -0.39 is 0 Å². The fourth-order valence-corrected chi connectivity index (χ4v) is 3.22. The summed E-state index contributed by atoms with van der Waals surface area (Å²) in [6.07, 6.45) is 1.67. The zero-order valence-electron chi connectivity index (χ0n) is 14.3. The molecule has 6 heteroatoms. The normalized spacial score (nSPS) is 11.1. The molecule has 0 spiro atoms. The zero-order chi connectivity index (χ0) is 18.7. The molecule has 4 nitrogen and oxygen atoms in total. The van der Waals surface area contributed by atoms with Crippen LogP contribution < -0.4 is 5.43 Å². The number of rotatable bonds is 4. The van der Waals surface area contributed by atoms with Crippen LogP contribution in [0.1, 0.15) is 27.3 Å². The van der Waals surface area contributed by atoms with Gasteiger partial charge in [-0.25, -0.2) is 5.43 Å². The molecule has 26 heavy (non-hydrogen) atoms. The molecule has 1 N–H and O–H groups in total. The first-order valence-corrected chi connectivity index (χ1v) is 9.45. The molecule has 3 rings (SSSR count). The molecule has 0 aliphatic rings. The van der Waals surface area contributed by atoms with Crippen molar-refractivity contribution in [3.05, 3.63) is 85.7 Å². The standard InChI is InChI=1S/C20H17ClIN3O/c1-13-11-16(14(2)25(13)19-9-7-18(22)8-10-19)12-23-24-20(26)15-3-5-17(21)6-4-15/h3-12H,1-2H3,(H,24,26)/b23-12+. The number of hydrogen-bond donors (Lipinski definition) is 1. The molecule has 0 bridgehead atoms. The first-order valence-electron chi connectivity index (χ1n) is 7.99. The molecule has 3 aromatic rings. The van der Waals surface area contributed by atoms with Crippen LogP contribution in [0, 0.1) is 17.4 Å². The van der Waals surface area contributed by atoms with Gasteiger partial charge in [-0.2, -0.15) is 5.10 Å². The van der Waals surface area contributed by atoms with E-state index in [0.717, 1.165) is 22.6 Å². The highest BCUT2D eigenvalue weighted by Gasteiger charge is 2.09. The molecule has 1 heterocycles. The maximum absolute atomic E-state index is 12.1. The molecular formula is C20H17ClIN3O. The van der Waals surface area contributed by atoms with Gasteiger partial charge in [0.15, 0.2) is 0 Å². The number of carbonyl (C=O) groups excluding carboxylic acids is 1. The van der Waals surface area contributed by atoms with Crippen molar-refractivity contribution in [1.82, 2.24) is 9.99 Å². The second-order valence-electron chi connectivity index (χ2n) is 5.84. The number of halogens is 2. The van der Waals surface area contributed by atoms with Gasteiger partial charge < -0.3 is 4.57 Å². The fraction of sp³-hybridized carbons (Fsp3) is 0.100. The van der Waals surface area contributed by atoms with Crippen molar-refractivity contribution in [3.8, 4) is 5.69 Å². The number of aryl methyl sites for hydroxylation is 1. The van der Waals surface area contributed by atoms with Gasteiger partial charge in [-0.15, -0.1) is 0 Å². The predicted octanol–water partition coefficient (Wildman–Crippen LogP) is 5.12. The van der Waals surface area contributed by atoms with Gasteiger partial charge >= 0.3 is 0 Å². The van der Waals surface area contributed by atoms with Crippen LogP contribution in [0.3, 0.4) is 0 Å². The monoisotopic (exact) mass is 477 g/mol. The second kappa shape index (κ2) is 8.05. The number of amides is 1. The SMILES string of the molecule is Cc1cc(/C=N/NC(=O)c2ccc(Cl)cc2)c(C)n1-c1ccc(I)cc1. The average Bonchev–Trinajstić information content (AvgIpc) is 2.90. The van der Waals surface area contributed by atoms with Gasteiger partial charge in [0.1, 0.15) is 0 Å². The van der Waals surface area contributed by atoms with Crippen molar-refractivity contribution in [2.75, 3.05) is 0 Å². The summed E-state index contributed by atoms with van der Waals surface area (Å²) in [5.41, 5.74) is 7.28. The van der Waals surface area contributed by atoms with E-state index in [1.165, 1.54) is 3.57 Å². The van der Waals surface area contributed by atoms with Crippen LogP contribution >= 0.6 is 34.2 Å². The van der Waals surface area contributed by atoms with E-state index in [1.807, 2.05) is 13.0 Å². The van der Waals surface area contributed by atoms with Gasteiger partial charge in [0, 0.05) is 36.8 Å². The minimum absolute atomic E-state index is 0.274. The summed E-state index contributed by atoms with van der Waals surface area (Å²) in [5.74, 6) is -0.274. The number of nitrogens with zero attached hydrogens (tertiary/aromatic N) is 2. The van der Waals surface area contributed by atoms with Crippen molar-refractivity contribution in [2.45, 2.75) is 13.8 Å². The molecule has 1 aromatic heterocycles. The fourth-order valence-electron chi connectivity index (χ4n) is 2.73. The molecule has 0 radical (unpaired) electrons. The lowest BCUT2D eigenvalue weighted by Crippen LogP contribution is -2.17. The van der Waals surface area contributed by atoms with Crippen molar-refractivity contribution in [2.24, 2.45) is 5.10 Å². The number of hydrazone groups is 1. The Balaban J connectivity index is 1.77. The van der Waals surface area contributed by atoms with Crippen molar-refractivity contribution in [1.29, 1.82) is 0 Å². The Morgan fingerprint density at radius 1 is 1.12 bits per heavy atom. The molecular weight excluding hydrogens is 461 g/mol. The van der Waals surface area contributed by atoms with Crippen LogP contribution in [0.4, 0.5) is 0 Å². The van der Waals surface area contributed by atoms with Crippen LogP contribution in [-0.2, 0) is 0 Å². The van der Waals surface area contributed by atoms with Gasteiger partial charge in [0.05, 0.1) is 6.21 Å². The summed E-state index contributed by atoms with van der Waals surface area (Å²) in [7, 11) is 0. The van der Waals surface area contributed by atoms with Crippen molar-refractivity contribution >= 4 is 46.3 Å². The Morgan fingerprint density at radius 3 is 2.42 bits per heavy atom. The third kappa shape index (κ3) is 4.16. The Kier molecular flexibility index (Phi) is 5.78. The molecule has 0 aliphatic carbocycles. The lowest BCUT2D eigenvalue weighted by atomic mass is 10.2. The van der Waals surface area contributed by atoms with E-state index in [2.05, 4.69) is 68.9 Å². The van der Waals surface area contributed by atoms with Gasteiger partial charge in [0.2, 0.25) is 0 Å². The first-order chi connectivity index (χ1) is 12.5. The Labute approximate surface area is 171 Å². The maximum atomic E-state index is 12.1. The molecule has 0 unspecified atom stereocenters. The summed E-state index contributed by atoms with van der Waals surface area (Å²) in [4.78, 5) is 12.1. The smallest absolute Gasteiger partial charge is 0.271 e. The number of nitrogens with one attached hydrogen (secondary N) is 1. The van der Waals surface area contributed by atoms with Crippen LogP contribution in [0.25, 0.3) is 5.69 Å². The topological polar surface area (TPSA) is 46.4 Å². The van der Waals surface area contributed by atoms with E-state index in [0.29, 0.717) is 10.6 Å². The van der Waals surface area contributed by atoms with Crippen molar-refractivity contribution in [3.63, 3.8) is 0 Å². The molecule has 0 aliphatic heterocycles. The predicted molar refractivity (Wildman–Crippen MR) is 114 cm³/mol. The first kappa shape index (κ1) is 18.7. The van der Waals surface area contributed by atoms with Gasteiger partial charge in [0.25, 0.3) is 5.91 Å². The average molecular weight is 478 g/mol. The van der Waals surface area contributed by atoms with E-state index >= 15 is 0 Å². The van der Waals surface area contributed by atoms with E-state index in [1.54, 1.807) is 30.5 Å². The zero-order valence-corrected chi connectivity index (χ0v) is 17.2. The van der Waals surface area contributed by atoms with Gasteiger partial charge in [-0.3, -0.25) is 4.79 Å². The Hall–Kier alpha value is -2.12. The summed E-state index contributed by atoms with van der Waals surface area (Å²) >= 11 is 8.12.